The third-order valence-electron chi connectivity index (χ3n) is 2.61. The second-order valence-electron chi connectivity index (χ2n) is 3.90. The van der Waals surface area contributed by atoms with Gasteiger partial charge in [-0.3, -0.25) is 5.10 Å². The van der Waals surface area contributed by atoms with Gasteiger partial charge in [0.2, 0.25) is 0 Å². The van der Waals surface area contributed by atoms with Crippen molar-refractivity contribution in [3.8, 4) is 10.7 Å². The molecule has 6 heteroatoms. The van der Waals surface area contributed by atoms with Crippen LogP contribution in [0.2, 0.25) is 0 Å². The van der Waals surface area contributed by atoms with Crippen LogP contribution < -0.4 is 0 Å². The molecule has 2 heterocycles. The fourth-order valence-corrected chi connectivity index (χ4v) is 2.89. The maximum Gasteiger partial charge on any atom is 0.195 e. The van der Waals surface area contributed by atoms with Crippen LogP contribution in [0.15, 0.2) is 0 Å². The summed E-state index contributed by atoms with van der Waals surface area (Å²) in [6.45, 7) is 4.29. The predicted octanol–water partition coefficient (Wildman–Crippen LogP) is 3.12. The van der Waals surface area contributed by atoms with Gasteiger partial charge in [-0.25, -0.2) is 4.98 Å². The van der Waals surface area contributed by atoms with Gasteiger partial charge in [-0.15, -0.1) is 11.3 Å². The van der Waals surface area contributed by atoms with Gasteiger partial charge in [0, 0.05) is 7.05 Å². The topological polar surface area (TPSA) is 46.5 Å². The first-order chi connectivity index (χ1) is 8.17. The first-order valence-electron chi connectivity index (χ1n) is 5.77. The van der Waals surface area contributed by atoms with Gasteiger partial charge < -0.3 is 4.57 Å². The summed E-state index contributed by atoms with van der Waals surface area (Å²) in [6.07, 6.45) is 3.05. The molecule has 0 aromatic carbocycles. The summed E-state index contributed by atoms with van der Waals surface area (Å²) in [5.74, 6) is 0.899. The van der Waals surface area contributed by atoms with Gasteiger partial charge in [-0.05, 0) is 25.1 Å². The molecule has 0 aliphatic carbocycles. The molecular weight excluding hydrogens is 252 g/mol. The summed E-state index contributed by atoms with van der Waals surface area (Å²) >= 11 is 6.87. The Kier molecular flexibility index (Phi) is 3.73. The average Bonchev–Trinajstić information content (AvgIpc) is 2.85. The van der Waals surface area contributed by atoms with Crippen molar-refractivity contribution in [1.29, 1.82) is 0 Å². The van der Waals surface area contributed by atoms with Crippen LogP contribution in [0.3, 0.4) is 0 Å². The minimum Gasteiger partial charge on any atom is -0.303 e. The minimum absolute atomic E-state index is 0.647. The first kappa shape index (κ1) is 12.4. The Balaban J connectivity index is 2.53. The Hall–Kier alpha value is -1.01. The Morgan fingerprint density at radius 3 is 2.71 bits per heavy atom. The van der Waals surface area contributed by atoms with E-state index in [-0.39, 0.29) is 0 Å². The monoisotopic (exact) mass is 268 g/mol. The van der Waals surface area contributed by atoms with Crippen LogP contribution in [0.25, 0.3) is 10.7 Å². The number of rotatable bonds is 4. The van der Waals surface area contributed by atoms with E-state index in [1.54, 1.807) is 11.3 Å². The van der Waals surface area contributed by atoms with E-state index in [0.29, 0.717) is 4.77 Å². The van der Waals surface area contributed by atoms with Crippen LogP contribution in [0.4, 0.5) is 0 Å². The summed E-state index contributed by atoms with van der Waals surface area (Å²) < 4.78 is 2.55. The van der Waals surface area contributed by atoms with E-state index in [9.17, 15) is 0 Å². The maximum absolute atomic E-state index is 5.15. The number of aromatic amines is 1. The zero-order valence-corrected chi connectivity index (χ0v) is 11.9. The predicted molar refractivity (Wildman–Crippen MR) is 72.9 cm³/mol. The number of hydrogen-bond acceptors (Lipinski definition) is 4. The van der Waals surface area contributed by atoms with E-state index >= 15 is 0 Å². The summed E-state index contributed by atoms with van der Waals surface area (Å²) in [5.41, 5.74) is 1.14. The smallest absolute Gasteiger partial charge is 0.195 e. The van der Waals surface area contributed by atoms with E-state index in [1.165, 1.54) is 0 Å². The highest BCUT2D eigenvalue weighted by Gasteiger charge is 2.16. The molecule has 0 spiro atoms. The molecule has 0 amide bonds. The van der Waals surface area contributed by atoms with Crippen LogP contribution in [-0.2, 0) is 19.9 Å². The molecular formula is C11H16N4S2. The van der Waals surface area contributed by atoms with Crippen molar-refractivity contribution in [1.82, 2.24) is 19.7 Å². The lowest BCUT2D eigenvalue weighted by molar-refractivity contribution is 0.869. The number of aromatic nitrogens is 4. The summed E-state index contributed by atoms with van der Waals surface area (Å²) in [4.78, 5) is 5.81. The van der Waals surface area contributed by atoms with E-state index in [0.717, 1.165) is 40.7 Å². The first-order valence-corrected chi connectivity index (χ1v) is 7.00. The molecule has 2 aromatic rings. The molecule has 17 heavy (non-hydrogen) atoms. The molecule has 0 unspecified atom stereocenters. The van der Waals surface area contributed by atoms with Crippen molar-refractivity contribution in [2.24, 2.45) is 7.05 Å². The van der Waals surface area contributed by atoms with Gasteiger partial charge in [-0.2, -0.15) is 5.10 Å². The molecule has 4 nitrogen and oxygen atoms in total. The zero-order chi connectivity index (χ0) is 12.4. The lowest BCUT2D eigenvalue weighted by Crippen LogP contribution is -1.94. The SMILES string of the molecule is CCCc1nc(CC)sc1-c1n[nH]c(=S)n1C. The summed E-state index contributed by atoms with van der Waals surface area (Å²) in [7, 11) is 1.93. The molecule has 0 atom stereocenters. The van der Waals surface area contributed by atoms with Crippen molar-refractivity contribution in [3.05, 3.63) is 15.5 Å². The second kappa shape index (κ2) is 5.10. The highest BCUT2D eigenvalue weighted by atomic mass is 32.1. The third-order valence-corrected chi connectivity index (χ3v) is 4.22. The van der Waals surface area contributed by atoms with Crippen LogP contribution >= 0.6 is 23.6 Å². The molecule has 0 bridgehead atoms. The average molecular weight is 268 g/mol. The van der Waals surface area contributed by atoms with Gasteiger partial charge in [0.25, 0.3) is 0 Å². The van der Waals surface area contributed by atoms with Gasteiger partial charge in [0.15, 0.2) is 10.6 Å². The van der Waals surface area contributed by atoms with Crippen molar-refractivity contribution >= 4 is 23.6 Å². The maximum atomic E-state index is 5.15. The standard InChI is InChI=1S/C11H16N4S2/c1-4-6-7-9(17-8(5-2)12-7)10-13-14-11(16)15(10)3/h4-6H2,1-3H3,(H,14,16). The summed E-state index contributed by atoms with van der Waals surface area (Å²) in [6, 6.07) is 0. The molecule has 92 valence electrons. The Bertz CT molecular complexity index is 564. The molecule has 0 aliphatic rings. The van der Waals surface area contributed by atoms with E-state index in [1.807, 2.05) is 11.6 Å². The molecule has 1 N–H and O–H groups in total. The van der Waals surface area contributed by atoms with E-state index in [4.69, 9.17) is 12.2 Å². The third kappa shape index (κ3) is 2.32. The Morgan fingerprint density at radius 2 is 2.18 bits per heavy atom. The number of thiazole rings is 1. The number of hydrogen-bond donors (Lipinski definition) is 1. The minimum atomic E-state index is 0.647. The van der Waals surface area contributed by atoms with Gasteiger partial charge in [0.05, 0.1) is 15.6 Å². The molecule has 0 radical (unpaired) electrons. The fraction of sp³-hybridized carbons (Fsp3) is 0.545. The molecule has 0 aliphatic heterocycles. The van der Waals surface area contributed by atoms with E-state index in [2.05, 4.69) is 29.0 Å². The normalized spacial score (nSPS) is 11.0. The largest absolute Gasteiger partial charge is 0.303 e. The highest BCUT2D eigenvalue weighted by Crippen LogP contribution is 2.29. The van der Waals surface area contributed by atoms with Crippen LogP contribution in [0.1, 0.15) is 31.0 Å². The van der Waals surface area contributed by atoms with Crippen molar-refractivity contribution in [2.75, 3.05) is 0 Å². The Morgan fingerprint density at radius 1 is 1.41 bits per heavy atom. The second-order valence-corrected chi connectivity index (χ2v) is 5.37. The number of aryl methyl sites for hydroxylation is 2. The highest BCUT2D eigenvalue weighted by molar-refractivity contribution is 7.71. The molecule has 0 saturated carbocycles. The van der Waals surface area contributed by atoms with Crippen molar-refractivity contribution < 1.29 is 0 Å². The molecule has 0 fully saturated rings. The van der Waals surface area contributed by atoms with Crippen molar-refractivity contribution in [3.63, 3.8) is 0 Å². The summed E-state index contributed by atoms with van der Waals surface area (Å²) in [5, 5.41) is 8.28. The van der Waals surface area contributed by atoms with Gasteiger partial charge in [0.1, 0.15) is 0 Å². The molecule has 2 rings (SSSR count). The molecule has 0 saturated heterocycles. The van der Waals surface area contributed by atoms with E-state index < -0.39 is 0 Å². The lowest BCUT2D eigenvalue weighted by Gasteiger charge is -1.99. The number of nitrogens with one attached hydrogen (secondary N) is 1. The van der Waals surface area contributed by atoms with Crippen LogP contribution in [0, 0.1) is 4.77 Å². The van der Waals surface area contributed by atoms with Gasteiger partial charge >= 0.3 is 0 Å². The number of nitrogens with zero attached hydrogens (tertiary/aromatic N) is 3. The fourth-order valence-electron chi connectivity index (χ4n) is 1.68. The van der Waals surface area contributed by atoms with Gasteiger partial charge in [-0.1, -0.05) is 20.3 Å². The lowest BCUT2D eigenvalue weighted by atomic mass is 10.2. The van der Waals surface area contributed by atoms with Crippen LogP contribution in [-0.4, -0.2) is 19.7 Å². The Labute approximate surface area is 110 Å². The molecule has 2 aromatic heterocycles. The quantitative estimate of drug-likeness (QED) is 0.867. The van der Waals surface area contributed by atoms with Crippen molar-refractivity contribution in [2.45, 2.75) is 33.1 Å². The van der Waals surface area contributed by atoms with Crippen LogP contribution in [0.5, 0.6) is 0 Å². The zero-order valence-electron chi connectivity index (χ0n) is 10.3. The number of H-pyrrole nitrogens is 1.